The van der Waals surface area contributed by atoms with Gasteiger partial charge in [0.2, 0.25) is 0 Å². The quantitative estimate of drug-likeness (QED) is 0.555. The summed E-state index contributed by atoms with van der Waals surface area (Å²) in [4.78, 5) is 39.1. The van der Waals surface area contributed by atoms with Crippen molar-refractivity contribution in [3.8, 4) is 6.07 Å². The van der Waals surface area contributed by atoms with Crippen molar-refractivity contribution in [2.45, 2.75) is 62.2 Å². The lowest BCUT2D eigenvalue weighted by atomic mass is 10.1. The molecule has 2 aromatic rings. The topological polar surface area (TPSA) is 146 Å². The molecular weight excluding hydrogens is 553 g/mol. The van der Waals surface area contributed by atoms with Crippen LogP contribution in [-0.4, -0.2) is 55.7 Å². The molecule has 0 radical (unpaired) electrons. The number of nitriles is 1. The summed E-state index contributed by atoms with van der Waals surface area (Å²) in [5.41, 5.74) is -1.34. The van der Waals surface area contributed by atoms with Crippen LogP contribution in [0.1, 0.15) is 48.7 Å². The van der Waals surface area contributed by atoms with Crippen molar-refractivity contribution in [3.05, 3.63) is 58.9 Å². The van der Waals surface area contributed by atoms with Gasteiger partial charge in [-0.2, -0.15) is 5.26 Å². The van der Waals surface area contributed by atoms with Crippen molar-refractivity contribution in [2.75, 3.05) is 10.7 Å². The number of anilines is 1. The van der Waals surface area contributed by atoms with Crippen molar-refractivity contribution in [3.63, 3.8) is 0 Å². The third-order valence-corrected chi connectivity index (χ3v) is 7.88. The fourth-order valence-corrected chi connectivity index (χ4v) is 5.67. The zero-order valence-electron chi connectivity index (χ0n) is 21.6. The Labute approximate surface area is 228 Å². The van der Waals surface area contributed by atoms with E-state index >= 15 is 4.39 Å². The number of halogens is 3. The van der Waals surface area contributed by atoms with Gasteiger partial charge < -0.3 is 20.3 Å². The van der Waals surface area contributed by atoms with Gasteiger partial charge in [0.05, 0.1) is 46.1 Å². The van der Waals surface area contributed by atoms with Crippen molar-refractivity contribution >= 4 is 33.4 Å². The molecule has 0 saturated heterocycles. The largest absolute Gasteiger partial charge is 0.444 e. The zero-order valence-corrected chi connectivity index (χ0v) is 22.4. The van der Waals surface area contributed by atoms with Crippen molar-refractivity contribution in [2.24, 2.45) is 0 Å². The number of hydrogen-bond donors (Lipinski definition) is 2. The maximum Gasteiger partial charge on any atom is 0.408 e. The number of carbonyl (C=O) groups is 3. The minimum absolute atomic E-state index is 0.299. The number of nitrogens with zero attached hydrogens (tertiary/aromatic N) is 2. The second-order valence-electron chi connectivity index (χ2n) is 10.5. The number of carbonyl (C=O) groups excluding carboxylic acids is 3. The van der Waals surface area contributed by atoms with E-state index in [1.165, 1.54) is 24.3 Å². The summed E-state index contributed by atoms with van der Waals surface area (Å²) in [5.74, 6) is -7.50. The smallest absolute Gasteiger partial charge is 0.408 e. The van der Waals surface area contributed by atoms with Crippen LogP contribution in [0.5, 0.6) is 0 Å². The molecule has 40 heavy (non-hydrogen) atoms. The first-order valence-corrected chi connectivity index (χ1v) is 13.7. The molecule has 1 fully saturated rings. The van der Waals surface area contributed by atoms with Gasteiger partial charge in [0.15, 0.2) is 9.84 Å². The molecule has 3 amide bonds. The Morgan fingerprint density at radius 2 is 1.80 bits per heavy atom. The second kappa shape index (κ2) is 10.1. The van der Waals surface area contributed by atoms with Gasteiger partial charge in [-0.05, 0) is 50.6 Å². The molecule has 4 rings (SSSR count). The highest BCUT2D eigenvalue weighted by Crippen LogP contribution is 2.42. The zero-order chi connectivity index (χ0) is 29.6. The molecule has 1 unspecified atom stereocenters. The summed E-state index contributed by atoms with van der Waals surface area (Å²) in [6.07, 6.45) is -1.69. The van der Waals surface area contributed by atoms with Gasteiger partial charge in [-0.3, -0.25) is 9.59 Å². The van der Waals surface area contributed by atoms with E-state index in [-0.39, 0.29) is 12.2 Å². The standard InChI is InChI=1S/C26H25F3N4O6S/c1-25(2,3)39-24(36)31-18-13-40(37,38)20-9-17(27)16(22(34)32-21-10-26(21,28)29)8-19(20)33(23(18)35)12-15-6-4-14(11-30)5-7-15/h4-9,18,21H,10,12-13H2,1-3H3,(H,31,36)(H,32,34)/t18-,21?/m0/s1. The molecular formula is C26H25F3N4O6S. The maximum absolute atomic E-state index is 15.1. The molecule has 0 aromatic heterocycles. The van der Waals surface area contributed by atoms with E-state index in [1.807, 2.05) is 11.4 Å². The lowest BCUT2D eigenvalue weighted by molar-refractivity contribution is -0.120. The van der Waals surface area contributed by atoms with Gasteiger partial charge in [-0.1, -0.05) is 12.1 Å². The SMILES string of the molecule is CC(C)(C)OC(=O)N[C@H]1CS(=O)(=O)c2cc(F)c(C(=O)NC3CC3(F)F)cc2N(Cc2ccc(C#N)cc2)C1=O. The first-order chi connectivity index (χ1) is 18.5. The summed E-state index contributed by atoms with van der Waals surface area (Å²) in [6.45, 7) is 4.40. The van der Waals surface area contributed by atoms with Crippen molar-refractivity contribution < 1.29 is 40.7 Å². The number of benzene rings is 2. The normalized spacial score (nSPS) is 20.9. The third-order valence-electron chi connectivity index (χ3n) is 6.12. The number of ether oxygens (including phenoxy) is 1. The number of rotatable bonds is 5. The highest BCUT2D eigenvalue weighted by molar-refractivity contribution is 7.91. The summed E-state index contributed by atoms with van der Waals surface area (Å²) < 4.78 is 73.6. The number of alkyl halides is 2. The highest BCUT2D eigenvalue weighted by atomic mass is 32.2. The Kier molecular flexibility index (Phi) is 7.31. The van der Waals surface area contributed by atoms with Gasteiger partial charge in [-0.25, -0.2) is 26.4 Å². The molecule has 1 saturated carbocycles. The van der Waals surface area contributed by atoms with Gasteiger partial charge in [0.25, 0.3) is 17.7 Å². The van der Waals surface area contributed by atoms with E-state index in [9.17, 15) is 31.6 Å². The van der Waals surface area contributed by atoms with Crippen molar-refractivity contribution in [1.82, 2.24) is 10.6 Å². The first kappa shape index (κ1) is 28.9. The van der Waals surface area contributed by atoms with Crippen LogP contribution in [-0.2, 0) is 25.9 Å². The van der Waals surface area contributed by atoms with Gasteiger partial charge in [-0.15, -0.1) is 0 Å². The van der Waals surface area contributed by atoms with E-state index < -0.39 is 79.8 Å². The molecule has 10 nitrogen and oxygen atoms in total. The van der Waals surface area contributed by atoms with E-state index in [0.29, 0.717) is 17.2 Å². The molecule has 1 aliphatic heterocycles. The Morgan fingerprint density at radius 3 is 2.35 bits per heavy atom. The summed E-state index contributed by atoms with van der Waals surface area (Å²) in [6, 6.07) is 6.10. The average molecular weight is 579 g/mol. The first-order valence-electron chi connectivity index (χ1n) is 12.1. The lowest BCUT2D eigenvalue weighted by Crippen LogP contribution is -2.51. The molecule has 212 valence electrons. The molecule has 14 heteroatoms. The highest BCUT2D eigenvalue weighted by Gasteiger charge is 2.58. The van der Waals surface area contributed by atoms with Crippen LogP contribution in [0, 0.1) is 17.1 Å². The molecule has 2 aromatic carbocycles. The summed E-state index contributed by atoms with van der Waals surface area (Å²) in [5, 5.41) is 13.3. The minimum Gasteiger partial charge on any atom is -0.444 e. The Bertz CT molecular complexity index is 1530. The van der Waals surface area contributed by atoms with Gasteiger partial charge in [0.1, 0.15) is 17.5 Å². The van der Waals surface area contributed by atoms with E-state index in [4.69, 9.17) is 10.00 Å². The number of amides is 3. The van der Waals surface area contributed by atoms with Crippen LogP contribution in [0.2, 0.25) is 0 Å². The van der Waals surface area contributed by atoms with Crippen molar-refractivity contribution in [1.29, 1.82) is 5.26 Å². The maximum atomic E-state index is 15.1. The molecule has 0 bridgehead atoms. The minimum atomic E-state index is -4.45. The van der Waals surface area contributed by atoms with E-state index in [1.54, 1.807) is 20.8 Å². The Balaban J connectivity index is 1.78. The van der Waals surface area contributed by atoms with Crippen LogP contribution >= 0.6 is 0 Å². The van der Waals surface area contributed by atoms with Gasteiger partial charge >= 0.3 is 6.09 Å². The second-order valence-corrected chi connectivity index (χ2v) is 12.5. The fourth-order valence-electron chi connectivity index (χ4n) is 4.05. The monoisotopic (exact) mass is 578 g/mol. The molecule has 2 aliphatic rings. The molecule has 1 aliphatic carbocycles. The number of fused-ring (bicyclic) bond motifs is 1. The van der Waals surface area contributed by atoms with Crippen LogP contribution in [0.3, 0.4) is 0 Å². The summed E-state index contributed by atoms with van der Waals surface area (Å²) >= 11 is 0. The number of nitrogens with one attached hydrogen (secondary N) is 2. The number of alkyl carbamates (subject to hydrolysis) is 1. The van der Waals surface area contributed by atoms with Crippen LogP contribution in [0.4, 0.5) is 23.7 Å². The van der Waals surface area contributed by atoms with Crippen LogP contribution in [0.25, 0.3) is 0 Å². The van der Waals surface area contributed by atoms with E-state index in [2.05, 4.69) is 5.32 Å². The third kappa shape index (κ3) is 6.20. The number of hydrogen-bond acceptors (Lipinski definition) is 7. The molecule has 2 atom stereocenters. The average Bonchev–Trinajstić information content (AvgIpc) is 3.46. The Morgan fingerprint density at radius 1 is 1.18 bits per heavy atom. The van der Waals surface area contributed by atoms with Crippen LogP contribution < -0.4 is 15.5 Å². The fraction of sp³-hybridized carbons (Fsp3) is 0.385. The van der Waals surface area contributed by atoms with Crippen LogP contribution in [0.15, 0.2) is 41.3 Å². The van der Waals surface area contributed by atoms with Gasteiger partial charge in [0, 0.05) is 6.42 Å². The predicted molar refractivity (Wildman–Crippen MR) is 135 cm³/mol. The van der Waals surface area contributed by atoms with E-state index in [0.717, 1.165) is 11.0 Å². The Hall–Kier alpha value is -4.12. The number of sulfone groups is 1. The molecule has 0 spiro atoms. The molecule has 1 heterocycles. The summed E-state index contributed by atoms with van der Waals surface area (Å²) in [7, 11) is -4.45. The molecule has 2 N–H and O–H groups in total. The predicted octanol–water partition coefficient (Wildman–Crippen LogP) is 3.05. The lowest BCUT2D eigenvalue weighted by Gasteiger charge is -2.27.